The zero-order chi connectivity index (χ0) is 29.7. The topological polar surface area (TPSA) is 177 Å². The van der Waals surface area contributed by atoms with E-state index in [0.29, 0.717) is 49.4 Å². The van der Waals surface area contributed by atoms with E-state index in [0.717, 1.165) is 12.1 Å². The van der Waals surface area contributed by atoms with E-state index >= 15 is 0 Å². The lowest BCUT2D eigenvalue weighted by Crippen LogP contribution is -2.34. The van der Waals surface area contributed by atoms with Crippen LogP contribution in [0.5, 0.6) is 23.0 Å². The normalized spacial score (nSPS) is 15.2. The summed E-state index contributed by atoms with van der Waals surface area (Å²) in [6, 6.07) is 16.6. The first-order chi connectivity index (χ1) is 20.5. The van der Waals surface area contributed by atoms with E-state index in [-0.39, 0.29) is 37.7 Å². The molecule has 0 aromatic heterocycles. The van der Waals surface area contributed by atoms with E-state index in [4.69, 9.17) is 28.4 Å². The lowest BCUT2D eigenvalue weighted by atomic mass is 10.1. The third kappa shape index (κ3) is 8.19. The van der Waals surface area contributed by atoms with Crippen LogP contribution in [0.2, 0.25) is 0 Å². The van der Waals surface area contributed by atoms with Crippen molar-refractivity contribution < 1.29 is 38.3 Å². The van der Waals surface area contributed by atoms with Crippen molar-refractivity contribution in [1.29, 1.82) is 5.26 Å². The van der Waals surface area contributed by atoms with Gasteiger partial charge in [0.15, 0.2) is 28.7 Å². The highest BCUT2D eigenvalue weighted by molar-refractivity contribution is 5.76. The summed E-state index contributed by atoms with van der Waals surface area (Å²) < 4.78 is 34.7. The molecule has 0 radical (unpaired) electrons. The molecule has 1 N–H and O–H groups in total. The van der Waals surface area contributed by atoms with Crippen molar-refractivity contribution in [2.75, 3.05) is 58.2 Å². The van der Waals surface area contributed by atoms with E-state index < -0.39 is 27.3 Å². The molecule has 0 unspecified atom stereocenters. The minimum atomic E-state index is -0.856. The minimum absolute atomic E-state index is 0.137. The quantitative estimate of drug-likeness (QED) is 0.345. The number of fused-ring (bicyclic) bond motifs is 2. The molecule has 3 aromatic carbocycles. The molecule has 4 rings (SSSR count). The molecule has 1 heterocycles. The lowest BCUT2D eigenvalue weighted by Gasteiger charge is -2.22. The van der Waals surface area contributed by atoms with Gasteiger partial charge in [-0.3, -0.25) is 20.2 Å². The Morgan fingerprint density at radius 3 is 1.50 bits per heavy atom. The van der Waals surface area contributed by atoms with Crippen LogP contribution in [0.15, 0.2) is 60.7 Å². The molecule has 0 aliphatic carbocycles. The molecule has 1 aliphatic heterocycles. The zero-order valence-electron chi connectivity index (χ0n) is 22.4. The zero-order valence-corrected chi connectivity index (χ0v) is 22.4. The number of hydrogen-bond donors (Lipinski definition) is 1. The van der Waals surface area contributed by atoms with Crippen molar-refractivity contribution in [3.05, 3.63) is 86.5 Å². The summed E-state index contributed by atoms with van der Waals surface area (Å²) >= 11 is 0. The first kappa shape index (κ1) is 29.8. The number of ether oxygens (including phenoxy) is 6. The Kier molecular flexibility index (Phi) is 10.7. The van der Waals surface area contributed by atoms with Crippen LogP contribution >= 0.6 is 0 Å². The van der Waals surface area contributed by atoms with Crippen LogP contribution in [0.1, 0.15) is 5.56 Å². The fraction of sp³-hybridized carbons (Fsp3) is 0.321. The predicted molar refractivity (Wildman–Crippen MR) is 148 cm³/mol. The standard InChI is InChI=1S/C28H28N4O10/c29-17-20-15-22(31(33)34)28(23(16-20)32(35)36)30-21-18-41-26-7-3-1-5-24(26)39-13-11-37-9-10-38-12-14-40-25-6-2-4-8-27(25)42-19-21/h1-8,15-16,21,30H,9-14,18-19H2. The second-order valence-electron chi connectivity index (χ2n) is 8.79. The molecule has 0 spiro atoms. The Bertz CT molecular complexity index is 1330. The van der Waals surface area contributed by atoms with E-state index in [1.165, 1.54) is 0 Å². The fourth-order valence-corrected chi connectivity index (χ4v) is 3.95. The van der Waals surface area contributed by atoms with E-state index in [1.54, 1.807) is 54.6 Å². The maximum atomic E-state index is 11.9. The highest BCUT2D eigenvalue weighted by Crippen LogP contribution is 2.37. The third-order valence-electron chi connectivity index (χ3n) is 5.89. The van der Waals surface area contributed by atoms with Crippen molar-refractivity contribution in [2.45, 2.75) is 6.04 Å². The molecule has 0 bridgehead atoms. The number of nitro benzene ring substituents is 2. The van der Waals surface area contributed by atoms with Crippen LogP contribution in [-0.2, 0) is 9.47 Å². The molecule has 1 aliphatic rings. The first-order valence-corrected chi connectivity index (χ1v) is 12.9. The Labute approximate surface area is 240 Å². The minimum Gasteiger partial charge on any atom is -0.487 e. The van der Waals surface area contributed by atoms with Crippen molar-refractivity contribution in [1.82, 2.24) is 0 Å². The van der Waals surface area contributed by atoms with Gasteiger partial charge in [-0.1, -0.05) is 24.3 Å². The predicted octanol–water partition coefficient (Wildman–Crippen LogP) is 4.12. The van der Waals surface area contributed by atoms with Gasteiger partial charge in [0.25, 0.3) is 0 Å². The van der Waals surface area contributed by atoms with Gasteiger partial charge in [-0.2, -0.15) is 5.26 Å². The number of nitrogens with one attached hydrogen (secondary N) is 1. The van der Waals surface area contributed by atoms with E-state index in [9.17, 15) is 25.5 Å². The Hall–Kier alpha value is -5.13. The van der Waals surface area contributed by atoms with Crippen LogP contribution in [0.25, 0.3) is 0 Å². The molecular weight excluding hydrogens is 552 g/mol. The number of nitriles is 1. The summed E-state index contributed by atoms with van der Waals surface area (Å²) in [6.07, 6.45) is 0. The average molecular weight is 581 g/mol. The Morgan fingerprint density at radius 1 is 0.690 bits per heavy atom. The van der Waals surface area contributed by atoms with Gasteiger partial charge in [-0.25, -0.2) is 0 Å². The van der Waals surface area contributed by atoms with Crippen molar-refractivity contribution in [2.24, 2.45) is 0 Å². The van der Waals surface area contributed by atoms with Gasteiger partial charge in [-0.15, -0.1) is 0 Å². The van der Waals surface area contributed by atoms with Gasteiger partial charge in [0, 0.05) is 12.1 Å². The van der Waals surface area contributed by atoms with Gasteiger partial charge in [0.2, 0.25) is 0 Å². The molecule has 0 saturated heterocycles. The number of benzene rings is 3. The van der Waals surface area contributed by atoms with Gasteiger partial charge >= 0.3 is 11.4 Å². The van der Waals surface area contributed by atoms with Crippen LogP contribution in [0.3, 0.4) is 0 Å². The van der Waals surface area contributed by atoms with Gasteiger partial charge in [0.05, 0.1) is 53.9 Å². The summed E-state index contributed by atoms with van der Waals surface area (Å²) in [6.45, 7) is 1.59. The number of hydrogen-bond acceptors (Lipinski definition) is 12. The van der Waals surface area contributed by atoms with Gasteiger partial charge in [-0.05, 0) is 24.3 Å². The second kappa shape index (κ2) is 15.0. The molecule has 0 saturated carbocycles. The average Bonchev–Trinajstić information content (AvgIpc) is 2.99. The fourth-order valence-electron chi connectivity index (χ4n) is 3.95. The summed E-state index contributed by atoms with van der Waals surface area (Å²) in [5.41, 5.74) is -1.88. The summed E-state index contributed by atoms with van der Waals surface area (Å²) in [7, 11) is 0. The largest absolute Gasteiger partial charge is 0.487 e. The first-order valence-electron chi connectivity index (χ1n) is 12.9. The number of rotatable bonds is 4. The number of nitrogens with zero attached hydrogens (tertiary/aromatic N) is 3. The maximum absolute atomic E-state index is 11.9. The summed E-state index contributed by atoms with van der Waals surface area (Å²) in [4.78, 5) is 22.1. The summed E-state index contributed by atoms with van der Waals surface area (Å²) in [5, 5.41) is 35.8. The number of para-hydroxylation sites is 4. The van der Waals surface area contributed by atoms with Crippen molar-refractivity contribution in [3.8, 4) is 29.1 Å². The van der Waals surface area contributed by atoms with Crippen LogP contribution in [0.4, 0.5) is 17.1 Å². The summed E-state index contributed by atoms with van der Waals surface area (Å²) in [5.74, 6) is 1.62. The molecule has 0 fully saturated rings. The van der Waals surface area contributed by atoms with Crippen molar-refractivity contribution >= 4 is 17.1 Å². The molecule has 220 valence electrons. The van der Waals surface area contributed by atoms with Crippen molar-refractivity contribution in [3.63, 3.8) is 0 Å². The van der Waals surface area contributed by atoms with Crippen LogP contribution in [0, 0.1) is 31.6 Å². The Morgan fingerprint density at radius 2 is 1.10 bits per heavy atom. The molecule has 0 amide bonds. The Balaban J connectivity index is 1.66. The molecule has 14 heteroatoms. The maximum Gasteiger partial charge on any atom is 0.300 e. The van der Waals surface area contributed by atoms with E-state index in [1.807, 2.05) is 0 Å². The number of anilines is 1. The third-order valence-corrected chi connectivity index (χ3v) is 5.89. The van der Waals surface area contributed by atoms with Gasteiger partial charge in [0.1, 0.15) is 26.4 Å². The number of nitro groups is 2. The van der Waals surface area contributed by atoms with Crippen LogP contribution < -0.4 is 24.3 Å². The van der Waals surface area contributed by atoms with Gasteiger partial charge < -0.3 is 33.7 Å². The monoisotopic (exact) mass is 580 g/mol. The molecule has 3 aromatic rings. The van der Waals surface area contributed by atoms with E-state index in [2.05, 4.69) is 5.32 Å². The smallest absolute Gasteiger partial charge is 0.300 e. The highest BCUT2D eigenvalue weighted by Gasteiger charge is 2.29. The second-order valence-corrected chi connectivity index (χ2v) is 8.79. The van der Waals surface area contributed by atoms with Crippen LogP contribution in [-0.4, -0.2) is 68.7 Å². The lowest BCUT2D eigenvalue weighted by molar-refractivity contribution is -0.392. The SMILES string of the molecule is N#Cc1cc([N+](=O)[O-])c(NC2COc3ccccc3OCCOCCOCCOc3ccccc3OC2)c([N+](=O)[O-])c1. The molecular formula is C28H28N4O10. The highest BCUT2D eigenvalue weighted by atomic mass is 16.6. The molecule has 14 nitrogen and oxygen atoms in total. The molecule has 42 heavy (non-hydrogen) atoms. The molecule has 0 atom stereocenters.